The van der Waals surface area contributed by atoms with E-state index >= 15 is 0 Å². The van der Waals surface area contributed by atoms with Crippen LogP contribution in [0.3, 0.4) is 0 Å². The Balaban J connectivity index is 1.96. The van der Waals surface area contributed by atoms with Gasteiger partial charge in [-0.1, -0.05) is 41.4 Å². The summed E-state index contributed by atoms with van der Waals surface area (Å²) in [7, 11) is 1.53. The topological polar surface area (TPSA) is 78.9 Å². The SMILES string of the molecule is CO[C@H](CC(=O)NO)[C@H](Cc1ccc(Cl)cc1)c1ccc(Cl)c(C(=O)N2CCCCC2)c1. The maximum absolute atomic E-state index is 13.2. The second kappa shape index (κ2) is 11.7. The summed E-state index contributed by atoms with van der Waals surface area (Å²) in [6, 6.07) is 12.9. The normalized spacial score (nSPS) is 15.8. The van der Waals surface area contributed by atoms with E-state index in [1.165, 1.54) is 7.11 Å². The Bertz CT molecular complexity index is 930. The molecular weight excluding hydrogens is 451 g/mol. The molecule has 1 heterocycles. The molecule has 0 spiro atoms. The number of likely N-dealkylation sites (tertiary alicyclic amines) is 1. The highest BCUT2D eigenvalue weighted by molar-refractivity contribution is 6.33. The van der Waals surface area contributed by atoms with Crippen molar-refractivity contribution in [2.24, 2.45) is 0 Å². The molecule has 1 fully saturated rings. The third-order valence-corrected chi connectivity index (χ3v) is 6.51. The quantitative estimate of drug-likeness (QED) is 0.419. The molecule has 1 aliphatic rings. The zero-order chi connectivity index (χ0) is 23.1. The minimum Gasteiger partial charge on any atom is -0.380 e. The first-order valence-electron chi connectivity index (χ1n) is 10.7. The minimum absolute atomic E-state index is 0.0384. The standard InChI is InChI=1S/C24H28Cl2N2O4/c1-32-22(15-23(29)27-31)19(13-16-5-8-18(25)9-6-16)17-7-10-21(26)20(14-17)24(30)28-11-3-2-4-12-28/h5-10,14,19,22,31H,2-4,11-13,15H2,1H3,(H,27,29)/t19-,22-/m1/s1. The van der Waals surface area contributed by atoms with Crippen LogP contribution in [0.2, 0.25) is 10.0 Å². The van der Waals surface area contributed by atoms with Crippen molar-refractivity contribution in [3.63, 3.8) is 0 Å². The first-order chi connectivity index (χ1) is 15.4. The summed E-state index contributed by atoms with van der Waals surface area (Å²) < 4.78 is 5.66. The molecule has 6 nitrogen and oxygen atoms in total. The third-order valence-electron chi connectivity index (χ3n) is 5.92. The lowest BCUT2D eigenvalue weighted by Gasteiger charge is -2.29. The summed E-state index contributed by atoms with van der Waals surface area (Å²) in [6.07, 6.45) is 3.09. The van der Waals surface area contributed by atoms with Crippen molar-refractivity contribution in [1.29, 1.82) is 0 Å². The summed E-state index contributed by atoms with van der Waals surface area (Å²) in [5.74, 6) is -0.885. The highest BCUT2D eigenvalue weighted by atomic mass is 35.5. The summed E-state index contributed by atoms with van der Waals surface area (Å²) in [5.41, 5.74) is 3.96. The fourth-order valence-electron chi connectivity index (χ4n) is 4.16. The predicted molar refractivity (Wildman–Crippen MR) is 124 cm³/mol. The van der Waals surface area contributed by atoms with Crippen LogP contribution in [0.25, 0.3) is 0 Å². The highest BCUT2D eigenvalue weighted by Crippen LogP contribution is 2.32. The van der Waals surface area contributed by atoms with Gasteiger partial charge < -0.3 is 9.64 Å². The Morgan fingerprint density at radius 1 is 1.09 bits per heavy atom. The van der Waals surface area contributed by atoms with Gasteiger partial charge in [-0.3, -0.25) is 14.8 Å². The first-order valence-corrected chi connectivity index (χ1v) is 11.5. The maximum Gasteiger partial charge on any atom is 0.255 e. The summed E-state index contributed by atoms with van der Waals surface area (Å²) in [6.45, 7) is 1.45. The van der Waals surface area contributed by atoms with E-state index in [9.17, 15) is 9.59 Å². The molecule has 0 saturated carbocycles. The average molecular weight is 479 g/mol. The number of hydroxylamine groups is 1. The molecule has 8 heteroatoms. The van der Waals surface area contributed by atoms with Crippen LogP contribution in [-0.2, 0) is 16.0 Å². The Labute approximate surface area is 198 Å². The monoisotopic (exact) mass is 478 g/mol. The van der Waals surface area contributed by atoms with Gasteiger partial charge in [-0.2, -0.15) is 0 Å². The zero-order valence-corrected chi connectivity index (χ0v) is 19.5. The average Bonchev–Trinajstić information content (AvgIpc) is 2.82. The van der Waals surface area contributed by atoms with Gasteiger partial charge in [0.1, 0.15) is 0 Å². The van der Waals surface area contributed by atoms with E-state index in [0.29, 0.717) is 22.0 Å². The lowest BCUT2D eigenvalue weighted by molar-refractivity contribution is -0.132. The lowest BCUT2D eigenvalue weighted by atomic mass is 9.85. The Kier molecular flexibility index (Phi) is 8.93. The van der Waals surface area contributed by atoms with E-state index in [1.807, 2.05) is 41.3 Å². The second-order valence-electron chi connectivity index (χ2n) is 8.04. The number of carbonyl (C=O) groups is 2. The lowest BCUT2D eigenvalue weighted by Crippen LogP contribution is -2.36. The smallest absolute Gasteiger partial charge is 0.255 e. The van der Waals surface area contributed by atoms with E-state index < -0.39 is 12.0 Å². The van der Waals surface area contributed by atoms with Gasteiger partial charge in [-0.15, -0.1) is 0 Å². The number of halogens is 2. The molecule has 32 heavy (non-hydrogen) atoms. The van der Waals surface area contributed by atoms with Crippen LogP contribution in [0.4, 0.5) is 0 Å². The molecule has 0 unspecified atom stereocenters. The van der Waals surface area contributed by atoms with Crippen molar-refractivity contribution in [2.45, 2.75) is 44.1 Å². The van der Waals surface area contributed by atoms with Crippen molar-refractivity contribution < 1.29 is 19.5 Å². The van der Waals surface area contributed by atoms with Crippen molar-refractivity contribution in [3.8, 4) is 0 Å². The molecule has 0 aromatic heterocycles. The molecule has 3 rings (SSSR count). The summed E-state index contributed by atoms with van der Waals surface area (Å²) in [5, 5.41) is 10.0. The number of hydrogen-bond acceptors (Lipinski definition) is 4. The number of carbonyl (C=O) groups excluding carboxylic acids is 2. The van der Waals surface area contributed by atoms with E-state index in [0.717, 1.165) is 43.5 Å². The Morgan fingerprint density at radius 2 is 1.78 bits per heavy atom. The van der Waals surface area contributed by atoms with E-state index in [1.54, 1.807) is 11.5 Å². The van der Waals surface area contributed by atoms with Crippen LogP contribution >= 0.6 is 23.2 Å². The summed E-state index contributed by atoms with van der Waals surface area (Å²) >= 11 is 12.4. The Morgan fingerprint density at radius 3 is 2.41 bits per heavy atom. The van der Waals surface area contributed by atoms with Crippen LogP contribution in [0.5, 0.6) is 0 Å². The number of methoxy groups -OCH3 is 1. The van der Waals surface area contributed by atoms with Crippen LogP contribution in [0.15, 0.2) is 42.5 Å². The zero-order valence-electron chi connectivity index (χ0n) is 18.0. The molecule has 2 amide bonds. The summed E-state index contributed by atoms with van der Waals surface area (Å²) in [4.78, 5) is 26.9. The molecule has 0 radical (unpaired) electrons. The van der Waals surface area contributed by atoms with E-state index in [-0.39, 0.29) is 18.2 Å². The highest BCUT2D eigenvalue weighted by Gasteiger charge is 2.28. The predicted octanol–water partition coefficient (Wildman–Crippen LogP) is 4.86. The van der Waals surface area contributed by atoms with Gasteiger partial charge in [0.05, 0.1) is 23.1 Å². The van der Waals surface area contributed by atoms with Crippen LogP contribution < -0.4 is 5.48 Å². The third kappa shape index (κ3) is 6.23. The van der Waals surface area contributed by atoms with Crippen LogP contribution in [-0.4, -0.2) is 48.2 Å². The van der Waals surface area contributed by atoms with Crippen molar-refractivity contribution in [3.05, 3.63) is 69.2 Å². The van der Waals surface area contributed by atoms with Gasteiger partial charge in [0, 0.05) is 31.1 Å². The second-order valence-corrected chi connectivity index (χ2v) is 8.89. The van der Waals surface area contributed by atoms with E-state index in [2.05, 4.69) is 0 Å². The fraction of sp³-hybridized carbons (Fsp3) is 0.417. The van der Waals surface area contributed by atoms with Crippen molar-refractivity contribution in [2.75, 3.05) is 20.2 Å². The molecule has 2 atom stereocenters. The number of benzene rings is 2. The number of piperidine rings is 1. The minimum atomic E-state index is -0.545. The van der Waals surface area contributed by atoms with Gasteiger partial charge in [0.2, 0.25) is 5.91 Å². The molecule has 0 bridgehead atoms. The largest absolute Gasteiger partial charge is 0.380 e. The van der Waals surface area contributed by atoms with E-state index in [4.69, 9.17) is 33.1 Å². The molecule has 172 valence electrons. The number of nitrogens with one attached hydrogen (secondary N) is 1. The van der Waals surface area contributed by atoms with Gasteiger partial charge in [-0.25, -0.2) is 5.48 Å². The van der Waals surface area contributed by atoms with Crippen LogP contribution in [0.1, 0.15) is 53.1 Å². The number of nitrogens with zero attached hydrogens (tertiary/aromatic N) is 1. The Hall–Kier alpha value is -2.12. The molecule has 0 aliphatic carbocycles. The fourth-order valence-corrected chi connectivity index (χ4v) is 4.49. The number of hydrogen-bond donors (Lipinski definition) is 2. The number of rotatable bonds is 8. The van der Waals surface area contributed by atoms with Gasteiger partial charge in [-0.05, 0) is 61.1 Å². The molecule has 1 aliphatic heterocycles. The number of amides is 2. The maximum atomic E-state index is 13.2. The van der Waals surface area contributed by atoms with Gasteiger partial charge >= 0.3 is 0 Å². The van der Waals surface area contributed by atoms with Crippen molar-refractivity contribution >= 4 is 35.0 Å². The van der Waals surface area contributed by atoms with Crippen molar-refractivity contribution in [1.82, 2.24) is 10.4 Å². The molecule has 2 aromatic rings. The van der Waals surface area contributed by atoms with Crippen LogP contribution in [0, 0.1) is 0 Å². The molecular formula is C24H28Cl2N2O4. The van der Waals surface area contributed by atoms with Gasteiger partial charge in [0.15, 0.2) is 0 Å². The molecule has 2 N–H and O–H groups in total. The molecule has 2 aromatic carbocycles. The number of ether oxygens (including phenoxy) is 1. The molecule has 1 saturated heterocycles. The van der Waals surface area contributed by atoms with Gasteiger partial charge in [0.25, 0.3) is 5.91 Å². The first kappa shape index (κ1) is 24.5.